The number of carbonyl (C=O) groups is 3. The van der Waals surface area contributed by atoms with E-state index >= 15 is 0 Å². The van der Waals surface area contributed by atoms with Crippen LogP contribution in [0.3, 0.4) is 0 Å². The summed E-state index contributed by atoms with van der Waals surface area (Å²) >= 11 is 0. The SMILES string of the molecule is COc1cc(C=Cc2ccc(OC(=O)OCCNC(=O)CNC(=O)O)cc2)cc(OC)c1. The van der Waals surface area contributed by atoms with Crippen LogP contribution in [0.15, 0.2) is 42.5 Å². The molecule has 3 N–H and O–H groups in total. The quantitative estimate of drug-likeness (QED) is 0.221. The molecule has 2 aromatic rings. The number of hydrogen-bond acceptors (Lipinski definition) is 7. The average Bonchev–Trinajstić information content (AvgIpc) is 2.79. The van der Waals surface area contributed by atoms with Crippen molar-refractivity contribution >= 4 is 30.3 Å². The first-order valence-electron chi connectivity index (χ1n) is 9.49. The minimum atomic E-state index is -1.30. The molecule has 0 heterocycles. The molecule has 2 amide bonds. The fourth-order valence-corrected chi connectivity index (χ4v) is 2.43. The predicted octanol–water partition coefficient (Wildman–Crippen LogP) is 2.77. The summed E-state index contributed by atoms with van der Waals surface area (Å²) in [5.74, 6) is 1.12. The van der Waals surface area contributed by atoms with Gasteiger partial charge in [-0.05, 0) is 35.4 Å². The van der Waals surface area contributed by atoms with Crippen molar-refractivity contribution in [2.75, 3.05) is 33.9 Å². The van der Waals surface area contributed by atoms with Crippen LogP contribution < -0.4 is 24.8 Å². The monoisotopic (exact) mass is 444 g/mol. The van der Waals surface area contributed by atoms with Gasteiger partial charge in [-0.25, -0.2) is 9.59 Å². The van der Waals surface area contributed by atoms with Gasteiger partial charge in [-0.3, -0.25) is 4.79 Å². The molecule has 10 heteroatoms. The van der Waals surface area contributed by atoms with Crippen molar-refractivity contribution in [1.82, 2.24) is 10.6 Å². The van der Waals surface area contributed by atoms with Crippen LogP contribution in [-0.4, -0.2) is 57.2 Å². The first-order valence-corrected chi connectivity index (χ1v) is 9.49. The molecule has 0 aliphatic rings. The molecule has 0 atom stereocenters. The fourth-order valence-electron chi connectivity index (χ4n) is 2.43. The maximum absolute atomic E-state index is 11.7. The Labute approximate surface area is 184 Å². The third kappa shape index (κ3) is 8.66. The van der Waals surface area contributed by atoms with E-state index < -0.39 is 18.2 Å². The molecule has 170 valence electrons. The van der Waals surface area contributed by atoms with Crippen LogP contribution in [0.5, 0.6) is 17.2 Å². The highest BCUT2D eigenvalue weighted by atomic mass is 16.7. The topological polar surface area (TPSA) is 132 Å². The molecule has 32 heavy (non-hydrogen) atoms. The Bertz CT molecular complexity index is 935. The lowest BCUT2D eigenvalue weighted by Crippen LogP contribution is -2.37. The van der Waals surface area contributed by atoms with E-state index in [1.54, 1.807) is 44.6 Å². The maximum Gasteiger partial charge on any atom is 0.513 e. The summed E-state index contributed by atoms with van der Waals surface area (Å²) in [5.41, 5.74) is 1.78. The van der Waals surface area contributed by atoms with Gasteiger partial charge in [0.1, 0.15) is 23.9 Å². The van der Waals surface area contributed by atoms with Crippen LogP contribution in [0.1, 0.15) is 11.1 Å². The van der Waals surface area contributed by atoms with E-state index in [0.29, 0.717) is 17.2 Å². The van der Waals surface area contributed by atoms with Gasteiger partial charge in [-0.15, -0.1) is 0 Å². The Morgan fingerprint density at radius 2 is 1.50 bits per heavy atom. The van der Waals surface area contributed by atoms with E-state index in [9.17, 15) is 14.4 Å². The normalized spacial score (nSPS) is 10.3. The molecule has 0 bridgehead atoms. The van der Waals surface area contributed by atoms with Gasteiger partial charge in [-0.1, -0.05) is 24.3 Å². The zero-order chi connectivity index (χ0) is 23.3. The van der Waals surface area contributed by atoms with Crippen LogP contribution in [-0.2, 0) is 9.53 Å². The molecular formula is C22H24N2O8. The van der Waals surface area contributed by atoms with E-state index in [1.165, 1.54) is 0 Å². The standard InChI is InChI=1S/C22H24N2O8/c1-29-18-11-16(12-19(13-18)30-2)4-3-15-5-7-17(8-6-15)32-22(28)31-10-9-23-20(25)14-24-21(26)27/h3-8,11-13,24H,9-10,14H2,1-2H3,(H,23,25)(H,26,27). The highest BCUT2D eigenvalue weighted by Gasteiger charge is 2.07. The average molecular weight is 444 g/mol. The Balaban J connectivity index is 1.79. The summed E-state index contributed by atoms with van der Waals surface area (Å²) in [6.07, 6.45) is 1.56. The number of carbonyl (C=O) groups excluding carboxylic acids is 2. The van der Waals surface area contributed by atoms with Crippen LogP contribution in [0.2, 0.25) is 0 Å². The summed E-state index contributed by atoms with van der Waals surface area (Å²) in [4.78, 5) is 33.3. The largest absolute Gasteiger partial charge is 0.513 e. The van der Waals surface area contributed by atoms with Crippen molar-refractivity contribution in [2.45, 2.75) is 0 Å². The van der Waals surface area contributed by atoms with Crippen molar-refractivity contribution < 1.29 is 38.4 Å². The maximum atomic E-state index is 11.7. The first kappa shape index (κ1) is 24.1. The van der Waals surface area contributed by atoms with Crippen LogP contribution in [0.4, 0.5) is 9.59 Å². The van der Waals surface area contributed by atoms with Crippen LogP contribution in [0, 0.1) is 0 Å². The molecular weight excluding hydrogens is 420 g/mol. The fraction of sp³-hybridized carbons (Fsp3) is 0.227. The van der Waals surface area contributed by atoms with E-state index in [4.69, 9.17) is 24.1 Å². The van der Waals surface area contributed by atoms with Crippen molar-refractivity contribution in [3.63, 3.8) is 0 Å². The van der Waals surface area contributed by atoms with Gasteiger partial charge in [0.2, 0.25) is 5.91 Å². The number of benzene rings is 2. The smallest absolute Gasteiger partial charge is 0.497 e. The summed E-state index contributed by atoms with van der Waals surface area (Å²) in [5, 5.41) is 12.7. The third-order valence-corrected chi connectivity index (χ3v) is 3.97. The number of nitrogens with one attached hydrogen (secondary N) is 2. The molecule has 0 radical (unpaired) electrons. The van der Waals surface area contributed by atoms with Crippen LogP contribution in [0.25, 0.3) is 12.2 Å². The lowest BCUT2D eigenvalue weighted by molar-refractivity contribution is -0.120. The summed E-state index contributed by atoms with van der Waals surface area (Å²) in [7, 11) is 3.17. The summed E-state index contributed by atoms with van der Waals surface area (Å²) < 4.78 is 20.4. The second-order valence-corrected chi connectivity index (χ2v) is 6.26. The van der Waals surface area contributed by atoms with E-state index in [1.807, 2.05) is 29.6 Å². The minimum absolute atomic E-state index is 0.0218. The van der Waals surface area contributed by atoms with Gasteiger partial charge < -0.3 is 34.7 Å². The number of amides is 2. The molecule has 0 aromatic heterocycles. The molecule has 0 saturated heterocycles. The minimum Gasteiger partial charge on any atom is -0.497 e. The molecule has 0 fully saturated rings. The highest BCUT2D eigenvalue weighted by Crippen LogP contribution is 2.24. The molecule has 0 saturated carbocycles. The summed E-state index contributed by atoms with van der Waals surface area (Å²) in [6.45, 7) is -0.484. The van der Waals surface area contributed by atoms with Crippen LogP contribution >= 0.6 is 0 Å². The predicted molar refractivity (Wildman–Crippen MR) is 116 cm³/mol. The van der Waals surface area contributed by atoms with Gasteiger partial charge in [0, 0.05) is 6.07 Å². The van der Waals surface area contributed by atoms with Gasteiger partial charge in [-0.2, -0.15) is 0 Å². The zero-order valence-electron chi connectivity index (χ0n) is 17.6. The van der Waals surface area contributed by atoms with E-state index in [2.05, 4.69) is 5.32 Å². The Kier molecular flexibility index (Phi) is 9.38. The lowest BCUT2D eigenvalue weighted by atomic mass is 10.1. The number of rotatable bonds is 10. The van der Waals surface area contributed by atoms with Gasteiger partial charge >= 0.3 is 12.2 Å². The molecule has 2 rings (SSSR count). The zero-order valence-corrected chi connectivity index (χ0v) is 17.6. The molecule has 0 spiro atoms. The van der Waals surface area contributed by atoms with Crippen molar-refractivity contribution in [3.8, 4) is 17.2 Å². The second-order valence-electron chi connectivity index (χ2n) is 6.26. The van der Waals surface area contributed by atoms with Gasteiger partial charge in [0.05, 0.1) is 27.3 Å². The highest BCUT2D eigenvalue weighted by molar-refractivity contribution is 5.81. The molecule has 0 aliphatic heterocycles. The van der Waals surface area contributed by atoms with E-state index in [0.717, 1.165) is 11.1 Å². The Hall–Kier alpha value is -4.21. The first-order chi connectivity index (χ1) is 15.4. The molecule has 10 nitrogen and oxygen atoms in total. The number of ether oxygens (including phenoxy) is 4. The third-order valence-electron chi connectivity index (χ3n) is 3.97. The van der Waals surface area contributed by atoms with Crippen molar-refractivity contribution in [3.05, 3.63) is 53.6 Å². The number of carboxylic acid groups (broad SMARTS) is 1. The summed E-state index contributed by atoms with van der Waals surface area (Å²) in [6, 6.07) is 12.3. The van der Waals surface area contributed by atoms with Gasteiger partial charge in [0.25, 0.3) is 0 Å². The Morgan fingerprint density at radius 1 is 0.875 bits per heavy atom. The molecule has 0 aliphatic carbocycles. The molecule has 0 unspecified atom stereocenters. The van der Waals surface area contributed by atoms with Gasteiger partial charge in [0.15, 0.2) is 0 Å². The number of methoxy groups -OCH3 is 2. The number of hydrogen-bond donors (Lipinski definition) is 3. The Morgan fingerprint density at radius 3 is 2.09 bits per heavy atom. The van der Waals surface area contributed by atoms with E-state index in [-0.39, 0.29) is 19.7 Å². The van der Waals surface area contributed by atoms with Crippen molar-refractivity contribution in [2.24, 2.45) is 0 Å². The molecule has 2 aromatic carbocycles. The lowest BCUT2D eigenvalue weighted by Gasteiger charge is -2.07. The van der Waals surface area contributed by atoms with Crippen molar-refractivity contribution in [1.29, 1.82) is 0 Å². The second kappa shape index (κ2) is 12.5.